The molecule has 1 heterocycles. The molecular weight excluding hydrogens is 254 g/mol. The first-order chi connectivity index (χ1) is 9.02. The van der Waals surface area contributed by atoms with Crippen molar-refractivity contribution in [2.24, 2.45) is 0 Å². The lowest BCUT2D eigenvalue weighted by atomic mass is 10.2. The molecule has 0 aliphatic heterocycles. The Morgan fingerprint density at radius 1 is 1.26 bits per heavy atom. The van der Waals surface area contributed by atoms with Crippen LogP contribution in [0.3, 0.4) is 0 Å². The average molecular weight is 274 g/mol. The van der Waals surface area contributed by atoms with Gasteiger partial charge in [0.1, 0.15) is 24.1 Å². The number of halogens is 2. The van der Waals surface area contributed by atoms with Crippen LogP contribution in [0.5, 0.6) is 0 Å². The first-order valence-corrected chi connectivity index (χ1v) is 6.19. The molecule has 0 bridgehead atoms. The minimum Gasteiger partial charge on any atom is -0.374 e. The Balaban J connectivity index is 2.50. The number of ether oxygens (including phenoxy) is 1. The average Bonchev–Trinajstić information content (AvgIpc) is 2.37. The summed E-state index contributed by atoms with van der Waals surface area (Å²) in [6, 6.07) is 1.76. The second kappa shape index (κ2) is 7.83. The standard InChI is InChI=1S/C12H20F2N4O/c1-8(2)12-17-10(15-3)6-11(18-12)16-4-5-19-7-9(13)14/h6,8-9H,4-5,7H2,1-3H3,(H2,15,16,17,18). The Kier molecular flexibility index (Phi) is 6.41. The van der Waals surface area contributed by atoms with Crippen molar-refractivity contribution in [3.05, 3.63) is 11.9 Å². The SMILES string of the molecule is CNc1cc(NCCOCC(F)F)nc(C(C)C)n1. The third kappa shape index (κ3) is 5.78. The molecule has 0 saturated heterocycles. The van der Waals surface area contributed by atoms with Gasteiger partial charge >= 0.3 is 0 Å². The number of alkyl halides is 2. The highest BCUT2D eigenvalue weighted by Gasteiger charge is 2.07. The maximum atomic E-state index is 11.9. The molecule has 7 heteroatoms. The van der Waals surface area contributed by atoms with Crippen molar-refractivity contribution in [1.82, 2.24) is 9.97 Å². The fourth-order valence-corrected chi connectivity index (χ4v) is 1.37. The van der Waals surface area contributed by atoms with Crippen LogP contribution in [0, 0.1) is 0 Å². The van der Waals surface area contributed by atoms with Gasteiger partial charge in [-0.25, -0.2) is 18.7 Å². The molecule has 0 radical (unpaired) electrons. The van der Waals surface area contributed by atoms with E-state index in [4.69, 9.17) is 4.74 Å². The first-order valence-electron chi connectivity index (χ1n) is 6.19. The number of aromatic nitrogens is 2. The molecule has 0 aliphatic rings. The normalized spacial score (nSPS) is 11.1. The van der Waals surface area contributed by atoms with Crippen molar-refractivity contribution in [1.29, 1.82) is 0 Å². The molecule has 0 aliphatic carbocycles. The summed E-state index contributed by atoms with van der Waals surface area (Å²) >= 11 is 0. The van der Waals surface area contributed by atoms with Crippen LogP contribution >= 0.6 is 0 Å². The molecule has 0 aromatic carbocycles. The molecule has 2 N–H and O–H groups in total. The summed E-state index contributed by atoms with van der Waals surface area (Å²) in [6.07, 6.45) is -2.43. The Morgan fingerprint density at radius 3 is 2.53 bits per heavy atom. The third-order valence-electron chi connectivity index (χ3n) is 2.31. The van der Waals surface area contributed by atoms with E-state index in [2.05, 4.69) is 20.6 Å². The zero-order valence-corrected chi connectivity index (χ0v) is 11.4. The van der Waals surface area contributed by atoms with Crippen LogP contribution in [-0.4, -0.2) is 43.2 Å². The lowest BCUT2D eigenvalue weighted by molar-refractivity contribution is 0.0215. The number of rotatable bonds is 8. The first kappa shape index (κ1) is 15.6. The van der Waals surface area contributed by atoms with E-state index in [-0.39, 0.29) is 12.5 Å². The minimum atomic E-state index is -2.43. The lowest BCUT2D eigenvalue weighted by Gasteiger charge is -2.11. The minimum absolute atomic E-state index is 0.209. The molecule has 0 atom stereocenters. The number of nitrogens with one attached hydrogen (secondary N) is 2. The van der Waals surface area contributed by atoms with Gasteiger partial charge in [-0.2, -0.15) is 0 Å². The zero-order chi connectivity index (χ0) is 14.3. The molecular formula is C12H20F2N4O. The van der Waals surface area contributed by atoms with Gasteiger partial charge in [-0.3, -0.25) is 0 Å². The summed E-state index contributed by atoms with van der Waals surface area (Å²) in [5, 5.41) is 5.98. The van der Waals surface area contributed by atoms with Crippen molar-refractivity contribution in [2.45, 2.75) is 26.2 Å². The summed E-state index contributed by atoms with van der Waals surface area (Å²) in [4.78, 5) is 8.67. The maximum Gasteiger partial charge on any atom is 0.261 e. The fraction of sp³-hybridized carbons (Fsp3) is 0.667. The second-order valence-electron chi connectivity index (χ2n) is 4.29. The van der Waals surface area contributed by atoms with Gasteiger partial charge in [0.2, 0.25) is 0 Å². The molecule has 1 aromatic heterocycles. The Labute approximate surface area is 111 Å². The quantitative estimate of drug-likeness (QED) is 0.713. The van der Waals surface area contributed by atoms with E-state index in [0.29, 0.717) is 12.4 Å². The molecule has 0 amide bonds. The van der Waals surface area contributed by atoms with Crippen molar-refractivity contribution in [3.8, 4) is 0 Å². The van der Waals surface area contributed by atoms with Crippen LogP contribution in [0.1, 0.15) is 25.6 Å². The summed E-state index contributed by atoms with van der Waals surface area (Å²) in [5.74, 6) is 2.31. The van der Waals surface area contributed by atoms with E-state index in [1.54, 1.807) is 13.1 Å². The highest BCUT2D eigenvalue weighted by atomic mass is 19.3. The van der Waals surface area contributed by atoms with Gasteiger partial charge < -0.3 is 15.4 Å². The molecule has 108 valence electrons. The predicted molar refractivity (Wildman–Crippen MR) is 71.0 cm³/mol. The van der Waals surface area contributed by atoms with E-state index < -0.39 is 13.0 Å². The van der Waals surface area contributed by atoms with Gasteiger partial charge in [-0.05, 0) is 0 Å². The van der Waals surface area contributed by atoms with Crippen LogP contribution < -0.4 is 10.6 Å². The zero-order valence-electron chi connectivity index (χ0n) is 11.4. The maximum absolute atomic E-state index is 11.9. The molecule has 1 rings (SSSR count). The smallest absolute Gasteiger partial charge is 0.261 e. The molecule has 0 unspecified atom stereocenters. The Bertz CT molecular complexity index is 388. The summed E-state index contributed by atoms with van der Waals surface area (Å²) < 4.78 is 28.5. The van der Waals surface area contributed by atoms with Crippen LogP contribution in [0.4, 0.5) is 20.4 Å². The number of hydrogen-bond donors (Lipinski definition) is 2. The fourth-order valence-electron chi connectivity index (χ4n) is 1.37. The van der Waals surface area contributed by atoms with Gasteiger partial charge in [0.15, 0.2) is 0 Å². The van der Waals surface area contributed by atoms with Gasteiger partial charge in [-0.1, -0.05) is 13.8 Å². The second-order valence-corrected chi connectivity index (χ2v) is 4.29. The third-order valence-corrected chi connectivity index (χ3v) is 2.31. The number of hydrogen-bond acceptors (Lipinski definition) is 5. The van der Waals surface area contributed by atoms with Gasteiger partial charge in [0.05, 0.1) is 6.61 Å². The van der Waals surface area contributed by atoms with Crippen molar-refractivity contribution >= 4 is 11.6 Å². The van der Waals surface area contributed by atoms with E-state index in [9.17, 15) is 8.78 Å². The predicted octanol–water partition coefficient (Wildman–Crippen LogP) is 2.34. The Morgan fingerprint density at radius 2 is 1.95 bits per heavy atom. The summed E-state index contributed by atoms with van der Waals surface area (Å²) in [6.45, 7) is 4.10. The van der Waals surface area contributed by atoms with E-state index >= 15 is 0 Å². The highest BCUT2D eigenvalue weighted by molar-refractivity contribution is 5.47. The summed E-state index contributed by atoms with van der Waals surface area (Å²) in [5.41, 5.74) is 0. The molecule has 5 nitrogen and oxygen atoms in total. The van der Waals surface area contributed by atoms with Crippen molar-refractivity contribution in [2.75, 3.05) is 37.4 Å². The van der Waals surface area contributed by atoms with Crippen LogP contribution in [0.2, 0.25) is 0 Å². The lowest BCUT2D eigenvalue weighted by Crippen LogP contribution is -2.14. The van der Waals surface area contributed by atoms with E-state index in [1.807, 2.05) is 13.8 Å². The van der Waals surface area contributed by atoms with Crippen LogP contribution in [-0.2, 0) is 4.74 Å². The largest absolute Gasteiger partial charge is 0.374 e. The monoisotopic (exact) mass is 274 g/mol. The Hall–Kier alpha value is -1.50. The van der Waals surface area contributed by atoms with E-state index in [0.717, 1.165) is 11.6 Å². The molecule has 0 spiro atoms. The van der Waals surface area contributed by atoms with Gasteiger partial charge in [0, 0.05) is 25.6 Å². The number of anilines is 2. The number of nitrogens with zero attached hydrogens (tertiary/aromatic N) is 2. The van der Waals surface area contributed by atoms with Crippen molar-refractivity contribution in [3.63, 3.8) is 0 Å². The highest BCUT2D eigenvalue weighted by Crippen LogP contribution is 2.16. The van der Waals surface area contributed by atoms with E-state index in [1.165, 1.54) is 0 Å². The topological polar surface area (TPSA) is 59.1 Å². The molecule has 1 aromatic rings. The molecule has 0 saturated carbocycles. The van der Waals surface area contributed by atoms with Crippen LogP contribution in [0.15, 0.2) is 6.07 Å². The molecule has 0 fully saturated rings. The van der Waals surface area contributed by atoms with Crippen molar-refractivity contribution < 1.29 is 13.5 Å². The van der Waals surface area contributed by atoms with Crippen LogP contribution in [0.25, 0.3) is 0 Å². The van der Waals surface area contributed by atoms with Gasteiger partial charge in [0.25, 0.3) is 6.43 Å². The summed E-state index contributed by atoms with van der Waals surface area (Å²) in [7, 11) is 1.78. The van der Waals surface area contributed by atoms with Gasteiger partial charge in [-0.15, -0.1) is 0 Å². The molecule has 19 heavy (non-hydrogen) atoms.